The maximum atomic E-state index is 12.3. The lowest BCUT2D eigenvalue weighted by Crippen LogP contribution is -2.20. The zero-order valence-corrected chi connectivity index (χ0v) is 21.0. The number of hydrogen-bond donors (Lipinski definition) is 1. The topological polar surface area (TPSA) is 117 Å². The number of hydrazone groups is 1. The number of carbonyl (C=O) groups is 2. The predicted octanol–water partition coefficient (Wildman–Crippen LogP) is 3.46. The number of amides is 1. The van der Waals surface area contributed by atoms with Gasteiger partial charge in [0.05, 0.1) is 26.2 Å². The van der Waals surface area contributed by atoms with Crippen LogP contribution in [-0.4, -0.2) is 52.8 Å². The van der Waals surface area contributed by atoms with Crippen molar-refractivity contribution in [2.75, 3.05) is 20.0 Å². The summed E-state index contributed by atoms with van der Waals surface area (Å²) in [5.74, 6) is 0.833. The Morgan fingerprint density at radius 3 is 2.34 bits per heavy atom. The molecular formula is C24H27N5O5S. The van der Waals surface area contributed by atoms with Crippen molar-refractivity contribution in [1.29, 1.82) is 0 Å². The number of ether oxygens (including phenoxy) is 3. The van der Waals surface area contributed by atoms with E-state index in [-0.39, 0.29) is 17.4 Å². The summed E-state index contributed by atoms with van der Waals surface area (Å²) in [5.41, 5.74) is 5.21. The Morgan fingerprint density at radius 2 is 1.77 bits per heavy atom. The Bertz CT molecular complexity index is 1200. The van der Waals surface area contributed by atoms with Crippen LogP contribution in [0.1, 0.15) is 25.0 Å². The lowest BCUT2D eigenvalue weighted by molar-refractivity contribution is -0.132. The van der Waals surface area contributed by atoms with E-state index in [9.17, 15) is 9.59 Å². The van der Waals surface area contributed by atoms with Crippen LogP contribution in [-0.2, 0) is 16.1 Å². The standard InChI is InChI=1S/C24H27N5O5S/c1-6-29-23(18-9-7-15(2)8-10-18)27-28-24(29)35-14-21(31)26-25-13-17-11-19(32-4)22(34-16(3)30)20(12-17)33-5/h7-13H,6,14H2,1-5H3,(H,26,31). The van der Waals surface area contributed by atoms with E-state index in [1.165, 1.54) is 44.7 Å². The molecule has 35 heavy (non-hydrogen) atoms. The minimum Gasteiger partial charge on any atom is -0.493 e. The van der Waals surface area contributed by atoms with Crippen LogP contribution in [0.2, 0.25) is 0 Å². The highest BCUT2D eigenvalue weighted by Crippen LogP contribution is 2.38. The van der Waals surface area contributed by atoms with Gasteiger partial charge >= 0.3 is 5.97 Å². The van der Waals surface area contributed by atoms with Crippen molar-refractivity contribution in [3.05, 3.63) is 47.5 Å². The zero-order valence-electron chi connectivity index (χ0n) is 20.2. The quantitative estimate of drug-likeness (QED) is 0.149. The molecule has 0 bridgehead atoms. The average Bonchev–Trinajstić information content (AvgIpc) is 3.26. The molecule has 0 fully saturated rings. The van der Waals surface area contributed by atoms with E-state index in [0.717, 1.165) is 11.4 Å². The first kappa shape index (κ1) is 25.8. The number of rotatable bonds is 10. The molecule has 3 rings (SSSR count). The number of nitrogens with one attached hydrogen (secondary N) is 1. The minimum atomic E-state index is -0.502. The summed E-state index contributed by atoms with van der Waals surface area (Å²) in [4.78, 5) is 23.7. The molecule has 11 heteroatoms. The van der Waals surface area contributed by atoms with Crippen LogP contribution in [0.3, 0.4) is 0 Å². The van der Waals surface area contributed by atoms with Gasteiger partial charge in [-0.25, -0.2) is 5.43 Å². The molecule has 184 valence electrons. The molecule has 0 aliphatic carbocycles. The van der Waals surface area contributed by atoms with Crippen molar-refractivity contribution < 1.29 is 23.8 Å². The number of aromatic nitrogens is 3. The minimum absolute atomic E-state index is 0.113. The highest BCUT2D eigenvalue weighted by molar-refractivity contribution is 7.99. The number of nitrogens with zero attached hydrogens (tertiary/aromatic N) is 4. The molecule has 1 aromatic heterocycles. The van der Waals surface area contributed by atoms with Crippen molar-refractivity contribution >= 4 is 29.9 Å². The second kappa shape index (κ2) is 12.0. The molecular weight excluding hydrogens is 470 g/mol. The first-order valence-corrected chi connectivity index (χ1v) is 11.7. The molecule has 0 saturated heterocycles. The number of hydrogen-bond acceptors (Lipinski definition) is 9. The lowest BCUT2D eigenvalue weighted by Gasteiger charge is -2.13. The third kappa shape index (κ3) is 6.60. The van der Waals surface area contributed by atoms with E-state index in [0.29, 0.717) is 28.8 Å². The molecule has 0 unspecified atom stereocenters. The fourth-order valence-corrected chi connectivity index (χ4v) is 3.95. The summed E-state index contributed by atoms with van der Waals surface area (Å²) < 4.78 is 17.7. The van der Waals surface area contributed by atoms with Crippen molar-refractivity contribution in [2.45, 2.75) is 32.5 Å². The summed E-state index contributed by atoms with van der Waals surface area (Å²) in [6, 6.07) is 11.3. The van der Waals surface area contributed by atoms with E-state index < -0.39 is 5.97 Å². The third-order valence-corrected chi connectivity index (χ3v) is 5.77. The van der Waals surface area contributed by atoms with E-state index in [1.807, 2.05) is 42.7 Å². The molecule has 1 amide bonds. The summed E-state index contributed by atoms with van der Waals surface area (Å²) >= 11 is 1.28. The largest absolute Gasteiger partial charge is 0.493 e. The summed E-state index contributed by atoms with van der Waals surface area (Å²) in [6.45, 7) is 5.99. The molecule has 0 aliphatic heterocycles. The highest BCUT2D eigenvalue weighted by Gasteiger charge is 2.16. The number of thioether (sulfide) groups is 1. The smallest absolute Gasteiger partial charge is 0.308 e. The summed E-state index contributed by atoms with van der Waals surface area (Å²) in [6.07, 6.45) is 1.44. The van der Waals surface area contributed by atoms with Gasteiger partial charge in [-0.05, 0) is 26.0 Å². The van der Waals surface area contributed by atoms with Crippen molar-refractivity contribution in [3.63, 3.8) is 0 Å². The Kier molecular flexibility index (Phi) is 8.85. The number of esters is 1. The van der Waals surface area contributed by atoms with Gasteiger partial charge in [-0.2, -0.15) is 5.10 Å². The number of methoxy groups -OCH3 is 2. The first-order valence-electron chi connectivity index (χ1n) is 10.8. The molecule has 0 radical (unpaired) electrons. The molecule has 0 saturated carbocycles. The Balaban J connectivity index is 1.63. The Morgan fingerprint density at radius 1 is 1.11 bits per heavy atom. The fraction of sp³-hybridized carbons (Fsp3) is 0.292. The third-order valence-electron chi connectivity index (χ3n) is 4.81. The van der Waals surface area contributed by atoms with Crippen LogP contribution in [0, 0.1) is 6.92 Å². The maximum Gasteiger partial charge on any atom is 0.308 e. The molecule has 2 aromatic carbocycles. The SMILES string of the molecule is CCn1c(SCC(=O)NN=Cc2cc(OC)c(OC(C)=O)c(OC)c2)nnc1-c1ccc(C)cc1. The molecule has 0 aliphatic rings. The molecule has 1 heterocycles. The monoisotopic (exact) mass is 497 g/mol. The number of carbonyl (C=O) groups excluding carboxylic acids is 2. The van der Waals surface area contributed by atoms with Gasteiger partial charge in [-0.1, -0.05) is 41.6 Å². The average molecular weight is 498 g/mol. The Hall–Kier alpha value is -3.86. The fourth-order valence-electron chi connectivity index (χ4n) is 3.16. The second-order valence-electron chi connectivity index (χ2n) is 7.35. The van der Waals surface area contributed by atoms with Crippen LogP contribution < -0.4 is 19.6 Å². The summed E-state index contributed by atoms with van der Waals surface area (Å²) in [7, 11) is 2.89. The molecule has 0 atom stereocenters. The van der Waals surface area contributed by atoms with Gasteiger partial charge in [-0.3, -0.25) is 9.59 Å². The van der Waals surface area contributed by atoms with E-state index >= 15 is 0 Å². The second-order valence-corrected chi connectivity index (χ2v) is 8.29. The van der Waals surface area contributed by atoms with E-state index in [1.54, 1.807) is 12.1 Å². The maximum absolute atomic E-state index is 12.3. The number of aryl methyl sites for hydroxylation is 1. The van der Waals surface area contributed by atoms with Gasteiger partial charge in [-0.15, -0.1) is 10.2 Å². The highest BCUT2D eigenvalue weighted by atomic mass is 32.2. The molecule has 0 spiro atoms. The van der Waals surface area contributed by atoms with Crippen LogP contribution in [0.25, 0.3) is 11.4 Å². The first-order chi connectivity index (χ1) is 16.9. The summed E-state index contributed by atoms with van der Waals surface area (Å²) in [5, 5.41) is 13.2. The van der Waals surface area contributed by atoms with Gasteiger partial charge in [0.1, 0.15) is 0 Å². The van der Waals surface area contributed by atoms with Crippen molar-refractivity contribution in [1.82, 2.24) is 20.2 Å². The molecule has 3 aromatic rings. The van der Waals surface area contributed by atoms with Crippen LogP contribution in [0.15, 0.2) is 46.7 Å². The van der Waals surface area contributed by atoms with Crippen LogP contribution >= 0.6 is 11.8 Å². The van der Waals surface area contributed by atoms with Crippen LogP contribution in [0.4, 0.5) is 0 Å². The predicted molar refractivity (Wildman–Crippen MR) is 133 cm³/mol. The van der Waals surface area contributed by atoms with Gasteiger partial charge in [0.15, 0.2) is 22.5 Å². The van der Waals surface area contributed by atoms with Gasteiger partial charge in [0, 0.05) is 24.6 Å². The Labute approximate surface area is 207 Å². The van der Waals surface area contributed by atoms with Gasteiger partial charge in [0.25, 0.3) is 5.91 Å². The van der Waals surface area contributed by atoms with Crippen molar-refractivity contribution in [2.24, 2.45) is 5.10 Å². The normalized spacial score (nSPS) is 10.9. The molecule has 1 N–H and O–H groups in total. The van der Waals surface area contributed by atoms with Crippen LogP contribution in [0.5, 0.6) is 17.2 Å². The molecule has 10 nitrogen and oxygen atoms in total. The van der Waals surface area contributed by atoms with Gasteiger partial charge < -0.3 is 18.8 Å². The van der Waals surface area contributed by atoms with Crippen molar-refractivity contribution in [3.8, 4) is 28.6 Å². The van der Waals surface area contributed by atoms with E-state index in [4.69, 9.17) is 14.2 Å². The van der Waals surface area contributed by atoms with E-state index in [2.05, 4.69) is 20.7 Å². The number of benzene rings is 2. The lowest BCUT2D eigenvalue weighted by atomic mass is 10.1. The zero-order chi connectivity index (χ0) is 25.4. The van der Waals surface area contributed by atoms with Gasteiger partial charge in [0.2, 0.25) is 5.75 Å².